The van der Waals surface area contributed by atoms with E-state index in [-0.39, 0.29) is 24.4 Å². The first-order chi connectivity index (χ1) is 9.15. The monoisotopic (exact) mass is 319 g/mol. The fraction of sp³-hybridized carbons (Fsp3) is 0.692. The Morgan fingerprint density at radius 3 is 3.05 bits per heavy atom. The molecule has 2 N–H and O–H groups in total. The van der Waals surface area contributed by atoms with Gasteiger partial charge in [0.05, 0.1) is 6.61 Å². The third kappa shape index (κ3) is 3.91. The molecule has 1 aromatic rings. The summed E-state index contributed by atoms with van der Waals surface area (Å²) < 4.78 is 5.03. The maximum absolute atomic E-state index is 12.5. The summed E-state index contributed by atoms with van der Waals surface area (Å²) in [7, 11) is 1.62. The van der Waals surface area contributed by atoms with Crippen LogP contribution in [0.3, 0.4) is 0 Å². The molecular weight excluding hydrogens is 298 g/mol. The molecule has 0 spiro atoms. The first-order valence-electron chi connectivity index (χ1n) is 6.60. The van der Waals surface area contributed by atoms with Crippen LogP contribution < -0.4 is 5.73 Å². The number of aromatic nitrogens is 1. The first-order valence-corrected chi connectivity index (χ1v) is 7.48. The molecule has 2 unspecified atom stereocenters. The summed E-state index contributed by atoms with van der Waals surface area (Å²) in [5, 5.41) is 2.64. The summed E-state index contributed by atoms with van der Waals surface area (Å²) in [6.07, 6.45) is 2.02. The van der Waals surface area contributed by atoms with E-state index in [1.54, 1.807) is 7.11 Å². The van der Waals surface area contributed by atoms with Crippen molar-refractivity contribution in [2.45, 2.75) is 32.4 Å². The van der Waals surface area contributed by atoms with Crippen molar-refractivity contribution < 1.29 is 9.53 Å². The van der Waals surface area contributed by atoms with E-state index < -0.39 is 0 Å². The van der Waals surface area contributed by atoms with Crippen molar-refractivity contribution in [2.75, 3.05) is 20.2 Å². The highest BCUT2D eigenvalue weighted by atomic mass is 35.5. The smallest absolute Gasteiger partial charge is 0.273 e. The van der Waals surface area contributed by atoms with Crippen LogP contribution in [0.5, 0.6) is 0 Å². The number of carbonyl (C=O) groups excluding carboxylic acids is 1. The Morgan fingerprint density at radius 1 is 1.65 bits per heavy atom. The molecule has 2 heterocycles. The molecule has 0 aliphatic carbocycles. The Balaban J connectivity index is 0.00000200. The number of nitrogens with zero attached hydrogens (tertiary/aromatic N) is 2. The zero-order valence-electron chi connectivity index (χ0n) is 11.9. The molecule has 1 aromatic heterocycles. The fourth-order valence-corrected chi connectivity index (χ4v) is 3.23. The number of rotatable bonds is 4. The maximum Gasteiger partial charge on any atom is 0.273 e. The number of halogens is 1. The van der Waals surface area contributed by atoms with Crippen molar-refractivity contribution in [3.8, 4) is 0 Å². The van der Waals surface area contributed by atoms with Crippen LogP contribution in [-0.4, -0.2) is 42.0 Å². The van der Waals surface area contributed by atoms with Crippen LogP contribution in [0.15, 0.2) is 5.38 Å². The van der Waals surface area contributed by atoms with Gasteiger partial charge in [-0.25, -0.2) is 4.98 Å². The number of methoxy groups -OCH3 is 1. The molecule has 20 heavy (non-hydrogen) atoms. The van der Waals surface area contributed by atoms with Gasteiger partial charge < -0.3 is 15.4 Å². The van der Waals surface area contributed by atoms with Crippen LogP contribution in [0.1, 0.15) is 35.3 Å². The molecule has 5 nitrogen and oxygen atoms in total. The normalized spacial score (nSPS) is 22.4. The lowest BCUT2D eigenvalue weighted by Crippen LogP contribution is -2.49. The van der Waals surface area contributed by atoms with Crippen molar-refractivity contribution >= 4 is 29.7 Å². The maximum atomic E-state index is 12.5. The van der Waals surface area contributed by atoms with Crippen LogP contribution >= 0.6 is 23.7 Å². The minimum Gasteiger partial charge on any atom is -0.378 e. The zero-order chi connectivity index (χ0) is 13.8. The molecule has 2 atom stereocenters. The highest BCUT2D eigenvalue weighted by Gasteiger charge is 2.30. The lowest BCUT2D eigenvalue weighted by molar-refractivity contribution is 0.0568. The Kier molecular flexibility index (Phi) is 6.88. The third-order valence-corrected chi connectivity index (χ3v) is 4.37. The van der Waals surface area contributed by atoms with Crippen LogP contribution in [-0.2, 0) is 11.3 Å². The van der Waals surface area contributed by atoms with E-state index in [0.717, 1.165) is 24.4 Å². The van der Waals surface area contributed by atoms with Crippen molar-refractivity contribution in [1.82, 2.24) is 9.88 Å². The second kappa shape index (κ2) is 7.93. The average molecular weight is 320 g/mol. The zero-order valence-corrected chi connectivity index (χ0v) is 13.5. The molecular formula is C13H22ClN3O2S. The number of carbonyl (C=O) groups is 1. The SMILES string of the molecule is COCc1nc(C(=O)N2CCC(C)CC2CN)cs1.Cl. The lowest BCUT2D eigenvalue weighted by Gasteiger charge is -2.37. The molecule has 1 aliphatic rings. The van der Waals surface area contributed by atoms with Crippen LogP contribution in [0, 0.1) is 5.92 Å². The van der Waals surface area contributed by atoms with Crippen molar-refractivity contribution in [3.63, 3.8) is 0 Å². The lowest BCUT2D eigenvalue weighted by atomic mass is 9.92. The van der Waals surface area contributed by atoms with Crippen LogP contribution in [0.25, 0.3) is 0 Å². The number of ether oxygens (including phenoxy) is 1. The second-order valence-corrected chi connectivity index (χ2v) is 6.02. The molecule has 0 aromatic carbocycles. The molecule has 0 saturated carbocycles. The molecule has 0 radical (unpaired) electrons. The summed E-state index contributed by atoms with van der Waals surface area (Å²) in [4.78, 5) is 18.7. The van der Waals surface area contributed by atoms with E-state index in [9.17, 15) is 4.79 Å². The Hall–Kier alpha value is -0.690. The fourth-order valence-electron chi connectivity index (χ4n) is 2.49. The molecule has 7 heteroatoms. The number of hydrogen-bond acceptors (Lipinski definition) is 5. The highest BCUT2D eigenvalue weighted by molar-refractivity contribution is 7.09. The molecule has 114 valence electrons. The van der Waals surface area contributed by atoms with Gasteiger partial charge in [-0.05, 0) is 18.8 Å². The minimum absolute atomic E-state index is 0. The van der Waals surface area contributed by atoms with Gasteiger partial charge in [0.2, 0.25) is 0 Å². The molecule has 0 bridgehead atoms. The van der Waals surface area contributed by atoms with E-state index >= 15 is 0 Å². The summed E-state index contributed by atoms with van der Waals surface area (Å²) in [5.41, 5.74) is 6.31. The van der Waals surface area contributed by atoms with Gasteiger partial charge in [0.1, 0.15) is 10.7 Å². The van der Waals surface area contributed by atoms with Crippen LogP contribution in [0.4, 0.5) is 0 Å². The summed E-state index contributed by atoms with van der Waals surface area (Å²) in [6.45, 7) is 3.96. The van der Waals surface area contributed by atoms with Gasteiger partial charge >= 0.3 is 0 Å². The van der Waals surface area contributed by atoms with Crippen molar-refractivity contribution in [2.24, 2.45) is 11.7 Å². The van der Waals surface area contributed by atoms with Crippen molar-refractivity contribution in [1.29, 1.82) is 0 Å². The van der Waals surface area contributed by atoms with E-state index in [4.69, 9.17) is 10.5 Å². The van der Waals surface area contributed by atoms with Gasteiger partial charge in [0.25, 0.3) is 5.91 Å². The predicted molar refractivity (Wildman–Crippen MR) is 82.4 cm³/mol. The number of thiazole rings is 1. The second-order valence-electron chi connectivity index (χ2n) is 5.08. The number of likely N-dealkylation sites (tertiary alicyclic amines) is 1. The van der Waals surface area contributed by atoms with E-state index in [1.165, 1.54) is 11.3 Å². The standard InChI is InChI=1S/C13H21N3O2S.ClH/c1-9-3-4-16(10(5-9)6-14)13(17)11-8-19-12(15-11)7-18-2;/h8-10H,3-7,14H2,1-2H3;1H. The third-order valence-electron chi connectivity index (χ3n) is 3.55. The van der Waals surface area contributed by atoms with Gasteiger partial charge in [-0.2, -0.15) is 0 Å². The molecule has 1 fully saturated rings. The van der Waals surface area contributed by atoms with Gasteiger partial charge in [0, 0.05) is 31.6 Å². The van der Waals surface area contributed by atoms with E-state index in [0.29, 0.717) is 24.8 Å². The molecule has 1 saturated heterocycles. The number of piperidine rings is 1. The number of hydrogen-bond donors (Lipinski definition) is 1. The molecule has 2 rings (SSSR count). The first kappa shape index (κ1) is 17.4. The van der Waals surface area contributed by atoms with Crippen molar-refractivity contribution in [3.05, 3.63) is 16.1 Å². The number of nitrogens with two attached hydrogens (primary N) is 1. The predicted octanol–water partition coefficient (Wildman–Crippen LogP) is 1.91. The van der Waals surface area contributed by atoms with Gasteiger partial charge in [-0.15, -0.1) is 23.7 Å². The Bertz CT molecular complexity index is 441. The average Bonchev–Trinajstić information content (AvgIpc) is 2.87. The molecule has 1 amide bonds. The highest BCUT2D eigenvalue weighted by Crippen LogP contribution is 2.24. The largest absolute Gasteiger partial charge is 0.378 e. The topological polar surface area (TPSA) is 68.5 Å². The quantitative estimate of drug-likeness (QED) is 0.920. The summed E-state index contributed by atoms with van der Waals surface area (Å²) in [5.74, 6) is 0.637. The number of amides is 1. The molecule has 1 aliphatic heterocycles. The minimum atomic E-state index is 0. The van der Waals surface area contributed by atoms with Gasteiger partial charge in [-0.3, -0.25) is 4.79 Å². The van der Waals surface area contributed by atoms with Gasteiger partial charge in [-0.1, -0.05) is 6.92 Å². The summed E-state index contributed by atoms with van der Waals surface area (Å²) in [6, 6.07) is 0.142. The van der Waals surface area contributed by atoms with Gasteiger partial charge in [0.15, 0.2) is 0 Å². The Morgan fingerprint density at radius 2 is 2.40 bits per heavy atom. The summed E-state index contributed by atoms with van der Waals surface area (Å²) >= 11 is 1.46. The van der Waals surface area contributed by atoms with Crippen LogP contribution in [0.2, 0.25) is 0 Å². The Labute approximate surface area is 129 Å². The van der Waals surface area contributed by atoms with E-state index in [1.807, 2.05) is 10.3 Å². The van der Waals surface area contributed by atoms with E-state index in [2.05, 4.69) is 11.9 Å².